The maximum Gasteiger partial charge on any atom is 0.258 e. The van der Waals surface area contributed by atoms with Gasteiger partial charge in [0.15, 0.2) is 5.16 Å². The zero-order valence-electron chi connectivity index (χ0n) is 18.4. The van der Waals surface area contributed by atoms with Gasteiger partial charge in [0, 0.05) is 32.4 Å². The van der Waals surface area contributed by atoms with Gasteiger partial charge in [-0.3, -0.25) is 9.59 Å². The van der Waals surface area contributed by atoms with Gasteiger partial charge in [-0.25, -0.2) is 4.98 Å². The van der Waals surface area contributed by atoms with Crippen molar-refractivity contribution < 1.29 is 4.79 Å². The zero-order valence-corrected chi connectivity index (χ0v) is 19.2. The number of amides is 1. The minimum absolute atomic E-state index is 0.0107. The smallest absolute Gasteiger partial charge is 0.258 e. The molecule has 0 aliphatic rings. The van der Waals surface area contributed by atoms with Gasteiger partial charge in [0.2, 0.25) is 5.91 Å². The van der Waals surface area contributed by atoms with Crippen LogP contribution in [0.4, 0.5) is 0 Å². The number of hydrogen-bond acceptors (Lipinski definition) is 6. The van der Waals surface area contributed by atoms with E-state index in [0.29, 0.717) is 48.5 Å². The third-order valence-electron chi connectivity index (χ3n) is 4.90. The summed E-state index contributed by atoms with van der Waals surface area (Å²) in [5.74, 6) is 2.12. The molecule has 0 radical (unpaired) electrons. The number of rotatable bonds is 11. The van der Waals surface area contributed by atoms with Crippen molar-refractivity contribution in [3.05, 3.63) is 46.3 Å². The molecule has 0 unspecified atom stereocenters. The number of carbonyl (C=O) groups excluding carboxylic acids is 1. The number of fused-ring (bicyclic) bond motifs is 1. The van der Waals surface area contributed by atoms with Crippen LogP contribution in [0.1, 0.15) is 44.8 Å². The Labute approximate surface area is 186 Å². The fourth-order valence-electron chi connectivity index (χ4n) is 3.44. The van der Waals surface area contributed by atoms with E-state index < -0.39 is 0 Å². The van der Waals surface area contributed by atoms with E-state index in [0.717, 1.165) is 30.4 Å². The van der Waals surface area contributed by atoms with Crippen LogP contribution >= 0.6 is 11.8 Å². The Balaban J connectivity index is 1.40. The Morgan fingerprint density at radius 3 is 2.77 bits per heavy atom. The molecule has 9 heteroatoms. The van der Waals surface area contributed by atoms with Crippen LogP contribution in [0.3, 0.4) is 0 Å². The monoisotopic (exact) mass is 442 g/mol. The third kappa shape index (κ3) is 6.40. The number of hydrogen-bond donors (Lipinski definition) is 2. The first kappa shape index (κ1) is 23.0. The number of carbonyl (C=O) groups is 1. The molecule has 1 amide bonds. The van der Waals surface area contributed by atoms with Crippen LogP contribution in [-0.2, 0) is 24.2 Å². The number of para-hydroxylation sites is 1. The molecule has 0 atom stereocenters. The Hall–Kier alpha value is -2.68. The summed E-state index contributed by atoms with van der Waals surface area (Å²) in [6, 6.07) is 7.26. The van der Waals surface area contributed by atoms with Crippen LogP contribution in [0.15, 0.2) is 34.2 Å². The van der Waals surface area contributed by atoms with Crippen LogP contribution in [0.25, 0.3) is 10.9 Å². The van der Waals surface area contributed by atoms with Crippen molar-refractivity contribution in [1.29, 1.82) is 0 Å². The summed E-state index contributed by atoms with van der Waals surface area (Å²) in [5, 5.41) is 13.1. The maximum atomic E-state index is 12.1. The van der Waals surface area contributed by atoms with Gasteiger partial charge < -0.3 is 14.9 Å². The number of thioether (sulfide) groups is 1. The summed E-state index contributed by atoms with van der Waals surface area (Å²) in [6.45, 7) is 5.86. The molecule has 0 saturated heterocycles. The number of benzene rings is 1. The van der Waals surface area contributed by atoms with Crippen molar-refractivity contribution in [2.45, 2.75) is 57.7 Å². The average molecular weight is 443 g/mol. The Bertz CT molecular complexity index is 1080. The van der Waals surface area contributed by atoms with Gasteiger partial charge in [-0.05, 0) is 37.1 Å². The van der Waals surface area contributed by atoms with Crippen LogP contribution < -0.4 is 10.9 Å². The number of aryl methyl sites for hydroxylation is 2. The van der Waals surface area contributed by atoms with Crippen LogP contribution in [0.5, 0.6) is 0 Å². The fourth-order valence-corrected chi connectivity index (χ4v) is 3.96. The summed E-state index contributed by atoms with van der Waals surface area (Å²) >= 11 is 1.60. The van der Waals surface area contributed by atoms with Gasteiger partial charge in [0.05, 0.1) is 10.9 Å². The van der Waals surface area contributed by atoms with E-state index in [-0.39, 0.29) is 11.5 Å². The number of aromatic amines is 1. The van der Waals surface area contributed by atoms with Gasteiger partial charge in [-0.1, -0.05) is 37.7 Å². The van der Waals surface area contributed by atoms with E-state index in [4.69, 9.17) is 0 Å². The zero-order chi connectivity index (χ0) is 22.2. The van der Waals surface area contributed by atoms with Crippen LogP contribution in [0, 0.1) is 5.92 Å². The molecule has 0 bridgehead atoms. The van der Waals surface area contributed by atoms with Crippen molar-refractivity contribution in [1.82, 2.24) is 30.0 Å². The number of nitrogens with zero attached hydrogens (tertiary/aromatic N) is 4. The van der Waals surface area contributed by atoms with Gasteiger partial charge in [0.1, 0.15) is 11.6 Å². The number of H-pyrrole nitrogens is 1. The van der Waals surface area contributed by atoms with E-state index in [9.17, 15) is 9.59 Å². The largest absolute Gasteiger partial charge is 0.356 e. The van der Waals surface area contributed by atoms with E-state index in [1.165, 1.54) is 0 Å². The molecule has 0 fully saturated rings. The van der Waals surface area contributed by atoms with Gasteiger partial charge in [-0.15, -0.1) is 10.2 Å². The summed E-state index contributed by atoms with van der Waals surface area (Å²) in [6.07, 6.45) is 5.19. The second-order valence-corrected chi connectivity index (χ2v) is 8.72. The average Bonchev–Trinajstić information content (AvgIpc) is 3.12. The number of aromatic nitrogens is 5. The molecule has 31 heavy (non-hydrogen) atoms. The molecule has 2 heterocycles. The van der Waals surface area contributed by atoms with Crippen molar-refractivity contribution in [2.75, 3.05) is 12.8 Å². The molecule has 0 saturated carbocycles. The lowest BCUT2D eigenvalue weighted by Crippen LogP contribution is -2.25. The predicted octanol–water partition coefficient (Wildman–Crippen LogP) is 2.96. The van der Waals surface area contributed by atoms with Crippen molar-refractivity contribution in [3.63, 3.8) is 0 Å². The minimum Gasteiger partial charge on any atom is -0.356 e. The summed E-state index contributed by atoms with van der Waals surface area (Å²) in [4.78, 5) is 31.5. The van der Waals surface area contributed by atoms with E-state index in [2.05, 4.69) is 43.9 Å². The maximum absolute atomic E-state index is 12.1. The van der Waals surface area contributed by atoms with Gasteiger partial charge >= 0.3 is 0 Å². The summed E-state index contributed by atoms with van der Waals surface area (Å²) in [7, 11) is 0. The molecule has 2 aromatic heterocycles. The molecule has 1 aromatic carbocycles. The van der Waals surface area contributed by atoms with Crippen molar-refractivity contribution >= 4 is 28.6 Å². The highest BCUT2D eigenvalue weighted by Gasteiger charge is 2.12. The topological polar surface area (TPSA) is 106 Å². The van der Waals surface area contributed by atoms with Crippen LogP contribution in [0.2, 0.25) is 0 Å². The lowest BCUT2D eigenvalue weighted by atomic mass is 10.2. The molecule has 2 N–H and O–H groups in total. The molecule has 3 aromatic rings. The molecular weight excluding hydrogens is 412 g/mol. The fraction of sp³-hybridized carbons (Fsp3) is 0.500. The lowest BCUT2D eigenvalue weighted by molar-refractivity contribution is -0.121. The second kappa shape index (κ2) is 11.1. The Kier molecular flexibility index (Phi) is 8.22. The van der Waals surface area contributed by atoms with Crippen LogP contribution in [-0.4, -0.2) is 43.4 Å². The highest BCUT2D eigenvalue weighted by atomic mass is 32.2. The standard InChI is InChI=1S/C22H30N6O2S/c1-15(2)14-28-19(26-27-22(28)31-3)11-7-13-23-20(29)12-6-10-18-24-17-9-5-4-8-16(17)21(30)25-18/h4-5,8-9,15H,6-7,10-14H2,1-3H3,(H,23,29)(H,24,25,30). The quantitative estimate of drug-likeness (QED) is 0.349. The molecule has 8 nitrogen and oxygen atoms in total. The minimum atomic E-state index is -0.139. The van der Waals surface area contributed by atoms with E-state index >= 15 is 0 Å². The Morgan fingerprint density at radius 2 is 2.00 bits per heavy atom. The van der Waals surface area contributed by atoms with E-state index in [1.54, 1.807) is 17.8 Å². The first-order chi connectivity index (χ1) is 15.0. The SMILES string of the molecule is CSc1nnc(CCCNC(=O)CCCc2nc3ccccc3c(=O)[nH]2)n1CC(C)C. The predicted molar refractivity (Wildman–Crippen MR) is 123 cm³/mol. The highest BCUT2D eigenvalue weighted by molar-refractivity contribution is 7.98. The van der Waals surface area contributed by atoms with Gasteiger partial charge in [-0.2, -0.15) is 0 Å². The lowest BCUT2D eigenvalue weighted by Gasteiger charge is -2.11. The second-order valence-electron chi connectivity index (χ2n) is 7.94. The molecule has 0 aliphatic heterocycles. The molecule has 166 valence electrons. The third-order valence-corrected chi connectivity index (χ3v) is 5.57. The highest BCUT2D eigenvalue weighted by Crippen LogP contribution is 2.16. The van der Waals surface area contributed by atoms with Gasteiger partial charge in [0.25, 0.3) is 5.56 Å². The summed E-state index contributed by atoms with van der Waals surface area (Å²) < 4.78 is 2.18. The molecular formula is C22H30N6O2S. The molecule has 0 spiro atoms. The van der Waals surface area contributed by atoms with Crippen molar-refractivity contribution in [3.8, 4) is 0 Å². The van der Waals surface area contributed by atoms with E-state index in [1.807, 2.05) is 24.5 Å². The Morgan fingerprint density at radius 1 is 1.19 bits per heavy atom. The first-order valence-corrected chi connectivity index (χ1v) is 11.9. The molecule has 0 aliphatic carbocycles. The molecule has 3 rings (SSSR count). The first-order valence-electron chi connectivity index (χ1n) is 10.7. The normalized spacial score (nSPS) is 11.4. The van der Waals surface area contributed by atoms with Crippen molar-refractivity contribution in [2.24, 2.45) is 5.92 Å². The number of nitrogens with one attached hydrogen (secondary N) is 2. The summed E-state index contributed by atoms with van der Waals surface area (Å²) in [5.41, 5.74) is 0.542.